The van der Waals surface area contributed by atoms with E-state index in [0.29, 0.717) is 23.8 Å². The molecule has 2 aromatic heterocycles. The minimum atomic E-state index is -0.652. The number of hydrogen-bond donors (Lipinski definition) is 4. The zero-order chi connectivity index (χ0) is 20.9. The van der Waals surface area contributed by atoms with Gasteiger partial charge in [-0.25, -0.2) is 4.98 Å². The number of aromatic nitrogens is 2. The monoisotopic (exact) mass is 384 g/mol. The van der Waals surface area contributed by atoms with Crippen LogP contribution >= 0.6 is 0 Å². The van der Waals surface area contributed by atoms with Crippen molar-refractivity contribution < 1.29 is 9.53 Å². The van der Waals surface area contributed by atoms with E-state index >= 15 is 0 Å². The molecule has 8 nitrogen and oxygen atoms in total. The maximum Gasteiger partial charge on any atom is 0.252 e. The van der Waals surface area contributed by atoms with Crippen molar-refractivity contribution in [2.24, 2.45) is 27.6 Å². The zero-order valence-corrected chi connectivity index (χ0v) is 16.7. The van der Waals surface area contributed by atoms with Crippen molar-refractivity contribution in [1.82, 2.24) is 9.97 Å². The predicted octanol–water partition coefficient (Wildman–Crippen LogP) is 1.58. The van der Waals surface area contributed by atoms with Gasteiger partial charge >= 0.3 is 0 Å². The number of nitrogens with zero attached hydrogens (tertiary/aromatic N) is 2. The number of carbonyl (C=O) groups excluding carboxylic acids is 1. The number of pyridine rings is 1. The Morgan fingerprint density at radius 3 is 2.61 bits per heavy atom. The summed E-state index contributed by atoms with van der Waals surface area (Å²) in [5.74, 6) is -0.122. The first-order valence-electron chi connectivity index (χ1n) is 8.92. The molecule has 2 aromatic rings. The van der Waals surface area contributed by atoms with Crippen molar-refractivity contribution >= 4 is 11.6 Å². The Labute approximate surface area is 164 Å². The van der Waals surface area contributed by atoms with E-state index in [9.17, 15) is 4.79 Å². The first kappa shape index (κ1) is 21.2. The maximum atomic E-state index is 11.9. The fourth-order valence-electron chi connectivity index (χ4n) is 2.47. The summed E-state index contributed by atoms with van der Waals surface area (Å²) in [6.07, 6.45) is 4.69. The summed E-state index contributed by atoms with van der Waals surface area (Å²) < 4.78 is 5.09. The highest BCUT2D eigenvalue weighted by atomic mass is 16.5. The topological polar surface area (TPSA) is 145 Å². The van der Waals surface area contributed by atoms with Crippen LogP contribution in [0.25, 0.3) is 11.1 Å². The molecule has 8 heteroatoms. The SMILES string of the molecule is COc1ccc(-c2c[nH]c(C(=NC(C)C(C)(C)CN)C(=CN)C(N)=O)c2)cn1. The van der Waals surface area contributed by atoms with Gasteiger partial charge in [0, 0.05) is 35.8 Å². The van der Waals surface area contributed by atoms with Crippen LogP contribution in [-0.2, 0) is 4.79 Å². The lowest BCUT2D eigenvalue weighted by Crippen LogP contribution is -2.35. The molecule has 0 radical (unpaired) electrons. The molecule has 1 atom stereocenters. The lowest BCUT2D eigenvalue weighted by atomic mass is 9.85. The minimum Gasteiger partial charge on any atom is -0.481 e. The van der Waals surface area contributed by atoms with Gasteiger partial charge in [0.15, 0.2) is 0 Å². The van der Waals surface area contributed by atoms with E-state index in [1.165, 1.54) is 6.20 Å². The van der Waals surface area contributed by atoms with Crippen molar-refractivity contribution in [1.29, 1.82) is 0 Å². The molecular weight excluding hydrogens is 356 g/mol. The molecule has 0 fully saturated rings. The van der Waals surface area contributed by atoms with Crippen molar-refractivity contribution in [3.63, 3.8) is 0 Å². The lowest BCUT2D eigenvalue weighted by Gasteiger charge is -2.28. The van der Waals surface area contributed by atoms with Crippen LogP contribution in [-0.4, -0.2) is 41.3 Å². The number of ether oxygens (including phenoxy) is 1. The van der Waals surface area contributed by atoms with Crippen LogP contribution in [0.2, 0.25) is 0 Å². The van der Waals surface area contributed by atoms with E-state index < -0.39 is 5.91 Å². The molecule has 0 saturated heterocycles. The highest BCUT2D eigenvalue weighted by Gasteiger charge is 2.26. The van der Waals surface area contributed by atoms with Crippen LogP contribution in [0.4, 0.5) is 0 Å². The minimum absolute atomic E-state index is 0.140. The number of methoxy groups -OCH3 is 1. The number of hydrogen-bond acceptors (Lipinski definition) is 6. The summed E-state index contributed by atoms with van der Waals surface area (Å²) >= 11 is 0. The standard InChI is InChI=1S/C20H28N6O2/c1-12(20(2,3)11-22)26-18(15(8-21)19(23)27)16-7-14(10-24-16)13-5-6-17(28-4)25-9-13/h5-10,12,24H,11,21-22H2,1-4H3,(H2,23,27). The van der Waals surface area contributed by atoms with Gasteiger partial charge in [-0.2, -0.15) is 0 Å². The summed E-state index contributed by atoms with van der Waals surface area (Å²) in [5.41, 5.74) is 19.7. The van der Waals surface area contributed by atoms with Gasteiger partial charge in [-0.1, -0.05) is 13.8 Å². The largest absolute Gasteiger partial charge is 0.481 e. The Morgan fingerprint density at radius 2 is 2.11 bits per heavy atom. The molecule has 150 valence electrons. The smallest absolute Gasteiger partial charge is 0.252 e. The van der Waals surface area contributed by atoms with E-state index in [4.69, 9.17) is 26.9 Å². The number of aliphatic imine (C=N–C) groups is 1. The number of nitrogens with one attached hydrogen (secondary N) is 1. The Hall–Kier alpha value is -3.13. The number of carbonyl (C=O) groups is 1. The number of amides is 1. The molecule has 7 N–H and O–H groups in total. The fraction of sp³-hybridized carbons (Fsp3) is 0.350. The molecule has 0 spiro atoms. The molecule has 0 aromatic carbocycles. The van der Waals surface area contributed by atoms with Gasteiger partial charge in [-0.15, -0.1) is 0 Å². The van der Waals surface area contributed by atoms with Gasteiger partial charge in [0.25, 0.3) is 5.91 Å². The van der Waals surface area contributed by atoms with Gasteiger partial charge in [0.2, 0.25) is 5.88 Å². The average molecular weight is 384 g/mol. The van der Waals surface area contributed by atoms with Gasteiger partial charge in [0.1, 0.15) is 0 Å². The van der Waals surface area contributed by atoms with Crippen LogP contribution in [0.3, 0.4) is 0 Å². The molecule has 2 rings (SSSR count). The normalized spacial score (nSPS) is 14.0. The van der Waals surface area contributed by atoms with E-state index in [1.807, 2.05) is 39.1 Å². The average Bonchev–Trinajstić information content (AvgIpc) is 3.17. The first-order chi connectivity index (χ1) is 13.2. The van der Waals surface area contributed by atoms with Crippen LogP contribution in [0.1, 0.15) is 26.5 Å². The number of H-pyrrole nitrogens is 1. The third-order valence-corrected chi connectivity index (χ3v) is 4.88. The Balaban J connectivity index is 2.49. The highest BCUT2D eigenvalue weighted by molar-refractivity contribution is 6.27. The van der Waals surface area contributed by atoms with Crippen LogP contribution in [0.15, 0.2) is 47.4 Å². The second-order valence-corrected chi connectivity index (χ2v) is 7.18. The van der Waals surface area contributed by atoms with Gasteiger partial charge in [-0.3, -0.25) is 9.79 Å². The van der Waals surface area contributed by atoms with E-state index in [0.717, 1.165) is 11.1 Å². The molecule has 0 bridgehead atoms. The molecule has 0 aliphatic carbocycles. The summed E-state index contributed by atoms with van der Waals surface area (Å²) in [7, 11) is 1.56. The first-order valence-corrected chi connectivity index (χ1v) is 8.92. The van der Waals surface area contributed by atoms with E-state index in [2.05, 4.69) is 9.97 Å². The van der Waals surface area contributed by atoms with Gasteiger partial charge in [-0.05, 0) is 31.0 Å². The molecular formula is C20H28N6O2. The third-order valence-electron chi connectivity index (χ3n) is 4.88. The third kappa shape index (κ3) is 4.58. The van der Waals surface area contributed by atoms with Gasteiger partial charge in [0.05, 0.1) is 30.1 Å². The van der Waals surface area contributed by atoms with Crippen molar-refractivity contribution in [3.8, 4) is 17.0 Å². The second-order valence-electron chi connectivity index (χ2n) is 7.18. The summed E-state index contributed by atoms with van der Waals surface area (Å²) in [6.45, 7) is 6.41. The molecule has 0 aliphatic heterocycles. The summed E-state index contributed by atoms with van der Waals surface area (Å²) in [4.78, 5) is 24.0. The van der Waals surface area contributed by atoms with Crippen molar-refractivity contribution in [2.75, 3.05) is 13.7 Å². The molecule has 0 aliphatic rings. The lowest BCUT2D eigenvalue weighted by molar-refractivity contribution is -0.114. The van der Waals surface area contributed by atoms with Crippen LogP contribution in [0.5, 0.6) is 5.88 Å². The molecule has 2 heterocycles. The molecule has 1 unspecified atom stereocenters. The van der Waals surface area contributed by atoms with Crippen molar-refractivity contribution in [2.45, 2.75) is 26.8 Å². The maximum absolute atomic E-state index is 11.9. The van der Waals surface area contributed by atoms with Gasteiger partial charge < -0.3 is 26.9 Å². The Morgan fingerprint density at radius 1 is 1.39 bits per heavy atom. The highest BCUT2D eigenvalue weighted by Crippen LogP contribution is 2.26. The van der Waals surface area contributed by atoms with Crippen LogP contribution in [0, 0.1) is 5.41 Å². The Bertz CT molecular complexity index is 880. The number of aromatic amines is 1. The summed E-state index contributed by atoms with van der Waals surface area (Å²) in [5, 5.41) is 0. The predicted molar refractivity (Wildman–Crippen MR) is 111 cm³/mol. The van der Waals surface area contributed by atoms with Crippen molar-refractivity contribution in [3.05, 3.63) is 48.1 Å². The Kier molecular flexibility index (Phi) is 6.58. The fourth-order valence-corrected chi connectivity index (χ4v) is 2.47. The van der Waals surface area contributed by atoms with E-state index in [-0.39, 0.29) is 17.0 Å². The molecule has 1 amide bonds. The van der Waals surface area contributed by atoms with E-state index in [1.54, 1.807) is 19.4 Å². The number of rotatable bonds is 8. The second kappa shape index (κ2) is 8.71. The number of nitrogens with two attached hydrogens (primary N) is 3. The molecule has 28 heavy (non-hydrogen) atoms. The van der Waals surface area contributed by atoms with Crippen LogP contribution < -0.4 is 21.9 Å². The number of primary amides is 1. The molecule has 0 saturated carbocycles. The zero-order valence-electron chi connectivity index (χ0n) is 16.7. The summed E-state index contributed by atoms with van der Waals surface area (Å²) in [6, 6.07) is 5.37. The quantitative estimate of drug-likeness (QED) is 0.403.